The molecule has 0 fully saturated rings. The van der Waals surface area contributed by atoms with Crippen molar-refractivity contribution in [3.63, 3.8) is 0 Å². The standard InChI is InChI=1S/C10H22O2/c1-2-10(9-12)7-5-3-4-6-8-11/h10-12H,2-9H2,1H3. The van der Waals surface area contributed by atoms with E-state index in [0.717, 1.165) is 25.7 Å². The van der Waals surface area contributed by atoms with E-state index in [1.165, 1.54) is 12.8 Å². The molecular formula is C10H22O2. The Morgan fingerprint density at radius 2 is 1.67 bits per heavy atom. The Bertz CT molecular complexity index is 79.9. The number of rotatable bonds is 8. The topological polar surface area (TPSA) is 40.5 Å². The molecule has 0 rings (SSSR count). The van der Waals surface area contributed by atoms with Crippen molar-refractivity contribution in [1.29, 1.82) is 0 Å². The third kappa shape index (κ3) is 6.62. The molecule has 0 aliphatic rings. The molecule has 0 spiro atoms. The molecule has 1 atom stereocenters. The first-order valence-corrected chi connectivity index (χ1v) is 5.06. The largest absolute Gasteiger partial charge is 0.396 e. The Hall–Kier alpha value is -0.0800. The van der Waals surface area contributed by atoms with E-state index in [-0.39, 0.29) is 0 Å². The number of aliphatic hydroxyl groups is 2. The smallest absolute Gasteiger partial charge is 0.0459 e. The van der Waals surface area contributed by atoms with Crippen molar-refractivity contribution in [3.05, 3.63) is 0 Å². The number of hydrogen-bond donors (Lipinski definition) is 2. The molecule has 0 saturated heterocycles. The van der Waals surface area contributed by atoms with E-state index in [1.54, 1.807) is 0 Å². The van der Waals surface area contributed by atoms with Gasteiger partial charge in [0.05, 0.1) is 0 Å². The van der Waals surface area contributed by atoms with E-state index in [2.05, 4.69) is 6.92 Å². The van der Waals surface area contributed by atoms with Gasteiger partial charge < -0.3 is 10.2 Å². The molecule has 0 aromatic carbocycles. The van der Waals surface area contributed by atoms with E-state index in [4.69, 9.17) is 10.2 Å². The summed E-state index contributed by atoms with van der Waals surface area (Å²) in [5.74, 6) is 0.499. The van der Waals surface area contributed by atoms with Crippen LogP contribution in [0.2, 0.25) is 0 Å². The van der Waals surface area contributed by atoms with Gasteiger partial charge in [-0.15, -0.1) is 0 Å². The van der Waals surface area contributed by atoms with Crippen LogP contribution in [0.3, 0.4) is 0 Å². The molecular weight excluding hydrogens is 152 g/mol. The number of unbranched alkanes of at least 4 members (excludes halogenated alkanes) is 3. The van der Waals surface area contributed by atoms with Crippen molar-refractivity contribution >= 4 is 0 Å². The maximum atomic E-state index is 8.89. The Morgan fingerprint density at radius 3 is 2.17 bits per heavy atom. The van der Waals surface area contributed by atoms with E-state index in [1.807, 2.05) is 0 Å². The minimum absolute atomic E-state index is 0.317. The fraction of sp³-hybridized carbons (Fsp3) is 1.00. The van der Waals surface area contributed by atoms with Gasteiger partial charge in [0.1, 0.15) is 0 Å². The number of hydrogen-bond acceptors (Lipinski definition) is 2. The van der Waals surface area contributed by atoms with Crippen LogP contribution in [0.5, 0.6) is 0 Å². The van der Waals surface area contributed by atoms with Gasteiger partial charge in [-0.25, -0.2) is 0 Å². The summed E-state index contributed by atoms with van der Waals surface area (Å²) in [6, 6.07) is 0. The zero-order valence-electron chi connectivity index (χ0n) is 8.13. The fourth-order valence-electron chi connectivity index (χ4n) is 1.32. The Labute approximate surface area is 75.6 Å². The lowest BCUT2D eigenvalue weighted by Gasteiger charge is -2.10. The predicted octanol–water partition coefficient (Wildman–Crippen LogP) is 1.95. The quantitative estimate of drug-likeness (QED) is 0.552. The van der Waals surface area contributed by atoms with Crippen molar-refractivity contribution in [2.45, 2.75) is 45.4 Å². The lowest BCUT2D eigenvalue weighted by molar-refractivity contribution is 0.211. The Morgan fingerprint density at radius 1 is 1.00 bits per heavy atom. The molecule has 2 nitrogen and oxygen atoms in total. The van der Waals surface area contributed by atoms with Crippen molar-refractivity contribution < 1.29 is 10.2 Å². The SMILES string of the molecule is CCC(CO)CCCCCCO. The van der Waals surface area contributed by atoms with Crippen LogP contribution in [-0.4, -0.2) is 23.4 Å². The first-order valence-electron chi connectivity index (χ1n) is 5.06. The summed E-state index contributed by atoms with van der Waals surface area (Å²) in [7, 11) is 0. The molecule has 0 aromatic rings. The molecule has 2 N–H and O–H groups in total. The van der Waals surface area contributed by atoms with Gasteiger partial charge in [0.2, 0.25) is 0 Å². The van der Waals surface area contributed by atoms with Gasteiger partial charge in [0, 0.05) is 13.2 Å². The highest BCUT2D eigenvalue weighted by Gasteiger charge is 2.02. The maximum Gasteiger partial charge on any atom is 0.0459 e. The molecule has 1 unspecified atom stereocenters. The summed E-state index contributed by atoms with van der Waals surface area (Å²) in [6.45, 7) is 2.77. The van der Waals surface area contributed by atoms with Crippen LogP contribution in [0.4, 0.5) is 0 Å². The lowest BCUT2D eigenvalue weighted by atomic mass is 9.99. The van der Waals surface area contributed by atoms with Gasteiger partial charge in [0.25, 0.3) is 0 Å². The summed E-state index contributed by atoms with van der Waals surface area (Å²) in [4.78, 5) is 0. The van der Waals surface area contributed by atoms with Crippen LogP contribution in [0.1, 0.15) is 45.4 Å². The molecule has 0 aliphatic carbocycles. The van der Waals surface area contributed by atoms with Crippen molar-refractivity contribution in [2.24, 2.45) is 5.92 Å². The van der Waals surface area contributed by atoms with Crippen molar-refractivity contribution in [3.8, 4) is 0 Å². The van der Waals surface area contributed by atoms with Crippen LogP contribution in [-0.2, 0) is 0 Å². The molecule has 0 aromatic heterocycles. The van der Waals surface area contributed by atoms with Crippen molar-refractivity contribution in [2.75, 3.05) is 13.2 Å². The Balaban J connectivity index is 3.06. The molecule has 0 heterocycles. The molecule has 74 valence electrons. The zero-order valence-corrected chi connectivity index (χ0v) is 8.13. The monoisotopic (exact) mass is 174 g/mol. The molecule has 0 aliphatic heterocycles. The van der Waals surface area contributed by atoms with E-state index in [0.29, 0.717) is 19.1 Å². The van der Waals surface area contributed by atoms with Gasteiger partial charge >= 0.3 is 0 Å². The van der Waals surface area contributed by atoms with E-state index >= 15 is 0 Å². The highest BCUT2D eigenvalue weighted by molar-refractivity contribution is 4.55. The summed E-state index contributed by atoms with van der Waals surface area (Å²) in [6.07, 6.45) is 6.65. The maximum absolute atomic E-state index is 8.89. The van der Waals surface area contributed by atoms with Gasteiger partial charge in [-0.05, 0) is 18.8 Å². The van der Waals surface area contributed by atoms with Crippen LogP contribution >= 0.6 is 0 Å². The summed E-state index contributed by atoms with van der Waals surface area (Å²) in [5.41, 5.74) is 0. The number of aliphatic hydroxyl groups excluding tert-OH is 2. The first kappa shape index (κ1) is 11.9. The minimum atomic E-state index is 0.317. The van der Waals surface area contributed by atoms with E-state index in [9.17, 15) is 0 Å². The van der Waals surface area contributed by atoms with E-state index < -0.39 is 0 Å². The summed E-state index contributed by atoms with van der Waals surface area (Å²) < 4.78 is 0. The predicted molar refractivity (Wildman–Crippen MR) is 51.0 cm³/mol. The average Bonchev–Trinajstić information content (AvgIpc) is 2.11. The normalized spacial score (nSPS) is 13.2. The molecule has 0 amide bonds. The van der Waals surface area contributed by atoms with Gasteiger partial charge in [-0.3, -0.25) is 0 Å². The second-order valence-corrected chi connectivity index (χ2v) is 3.38. The van der Waals surface area contributed by atoms with Crippen LogP contribution in [0, 0.1) is 5.92 Å². The minimum Gasteiger partial charge on any atom is -0.396 e. The lowest BCUT2D eigenvalue weighted by Crippen LogP contribution is -2.03. The van der Waals surface area contributed by atoms with Crippen LogP contribution in [0.25, 0.3) is 0 Å². The average molecular weight is 174 g/mol. The third-order valence-corrected chi connectivity index (χ3v) is 2.36. The fourth-order valence-corrected chi connectivity index (χ4v) is 1.32. The highest BCUT2D eigenvalue weighted by atomic mass is 16.3. The second-order valence-electron chi connectivity index (χ2n) is 3.38. The van der Waals surface area contributed by atoms with Crippen LogP contribution < -0.4 is 0 Å². The molecule has 0 bridgehead atoms. The van der Waals surface area contributed by atoms with Gasteiger partial charge in [0.15, 0.2) is 0 Å². The molecule has 0 saturated carbocycles. The second kappa shape index (κ2) is 9.01. The Kier molecular flexibility index (Phi) is 8.95. The summed E-state index contributed by atoms with van der Waals surface area (Å²) in [5, 5.41) is 17.4. The molecule has 0 radical (unpaired) electrons. The summed E-state index contributed by atoms with van der Waals surface area (Å²) >= 11 is 0. The van der Waals surface area contributed by atoms with Gasteiger partial charge in [-0.1, -0.05) is 32.6 Å². The first-order chi connectivity index (χ1) is 5.85. The highest BCUT2D eigenvalue weighted by Crippen LogP contribution is 2.12. The third-order valence-electron chi connectivity index (χ3n) is 2.36. The molecule has 12 heavy (non-hydrogen) atoms. The van der Waals surface area contributed by atoms with Crippen LogP contribution in [0.15, 0.2) is 0 Å². The van der Waals surface area contributed by atoms with Crippen molar-refractivity contribution in [1.82, 2.24) is 0 Å². The van der Waals surface area contributed by atoms with Gasteiger partial charge in [-0.2, -0.15) is 0 Å². The molecule has 2 heteroatoms. The zero-order chi connectivity index (χ0) is 9.23.